The van der Waals surface area contributed by atoms with Gasteiger partial charge < -0.3 is 18.8 Å². The van der Waals surface area contributed by atoms with Crippen LogP contribution in [0.1, 0.15) is 13.3 Å². The molecule has 4 nitrogen and oxygen atoms in total. The van der Waals surface area contributed by atoms with Crippen LogP contribution in [0.5, 0.6) is 5.75 Å². The fourth-order valence-electron chi connectivity index (χ4n) is 1.99. The van der Waals surface area contributed by atoms with E-state index in [0.29, 0.717) is 18.7 Å². The lowest BCUT2D eigenvalue weighted by Crippen LogP contribution is -2.47. The molecule has 0 aliphatic carbocycles. The number of benzene rings is 1. The maximum Gasteiger partial charge on any atom is 0.573 e. The van der Waals surface area contributed by atoms with Gasteiger partial charge in [-0.25, -0.2) is 8.78 Å². The summed E-state index contributed by atoms with van der Waals surface area (Å²) in [4.78, 5) is 0. The van der Waals surface area contributed by atoms with Gasteiger partial charge in [-0.3, -0.25) is 0 Å². The minimum absolute atomic E-state index is 0.0801. The Morgan fingerprint density at radius 2 is 1.74 bits per heavy atom. The van der Waals surface area contributed by atoms with Gasteiger partial charge in [-0.1, -0.05) is 6.92 Å². The molecule has 1 aliphatic heterocycles. The molecule has 0 spiro atoms. The van der Waals surface area contributed by atoms with Gasteiger partial charge in [-0.05, 0) is 24.0 Å². The molecule has 1 aliphatic rings. The van der Waals surface area contributed by atoms with E-state index < -0.39 is 30.9 Å². The molecule has 0 saturated carbocycles. The lowest BCUT2D eigenvalue weighted by molar-refractivity contribution is -0.276. The summed E-state index contributed by atoms with van der Waals surface area (Å²) in [5.41, 5.74) is -0.0801. The van der Waals surface area contributed by atoms with Gasteiger partial charge in [-0.2, -0.15) is 0 Å². The van der Waals surface area contributed by atoms with E-state index in [4.69, 9.17) is 14.0 Å². The first-order valence-corrected chi connectivity index (χ1v) is 6.89. The van der Waals surface area contributed by atoms with Gasteiger partial charge in [0.2, 0.25) is 5.75 Å². The lowest BCUT2D eigenvalue weighted by Gasteiger charge is -2.27. The summed E-state index contributed by atoms with van der Waals surface area (Å²) < 4.78 is 82.8. The molecule has 1 heterocycles. The van der Waals surface area contributed by atoms with E-state index in [-0.39, 0.29) is 24.8 Å². The molecule has 0 unspecified atom stereocenters. The van der Waals surface area contributed by atoms with Gasteiger partial charge in [0.25, 0.3) is 0 Å². The van der Waals surface area contributed by atoms with Crippen molar-refractivity contribution in [3.05, 3.63) is 23.8 Å². The second-order valence-corrected chi connectivity index (χ2v) is 4.85. The topological polar surface area (TPSA) is 36.9 Å². The van der Waals surface area contributed by atoms with Gasteiger partial charge in [0.05, 0.1) is 13.2 Å². The van der Waals surface area contributed by atoms with E-state index in [2.05, 4.69) is 4.74 Å². The summed E-state index contributed by atoms with van der Waals surface area (Å²) in [6, 6.07) is 1.37. The fourth-order valence-corrected chi connectivity index (χ4v) is 1.99. The monoisotopic (exact) mass is 340 g/mol. The largest absolute Gasteiger partial charge is 0.573 e. The van der Waals surface area contributed by atoms with Gasteiger partial charge in [0, 0.05) is 6.61 Å². The van der Waals surface area contributed by atoms with Crippen LogP contribution >= 0.6 is 0 Å². The van der Waals surface area contributed by atoms with Gasteiger partial charge in [0.1, 0.15) is 6.10 Å². The maximum absolute atomic E-state index is 13.6. The third-order valence-corrected chi connectivity index (χ3v) is 2.94. The Labute approximate surface area is 129 Å². The van der Waals surface area contributed by atoms with Crippen molar-refractivity contribution in [3.8, 4) is 5.75 Å². The van der Waals surface area contributed by atoms with Crippen molar-refractivity contribution in [3.63, 3.8) is 0 Å². The van der Waals surface area contributed by atoms with Crippen molar-refractivity contribution in [2.75, 3.05) is 19.8 Å². The molecule has 0 aromatic heterocycles. The fraction of sp³-hybridized carbons (Fsp3) is 0.538. The van der Waals surface area contributed by atoms with E-state index in [1.54, 1.807) is 0 Å². The van der Waals surface area contributed by atoms with E-state index >= 15 is 0 Å². The number of rotatable bonds is 5. The molecular formula is C13H14BF5O4. The quantitative estimate of drug-likeness (QED) is 0.609. The highest BCUT2D eigenvalue weighted by Crippen LogP contribution is 2.27. The van der Waals surface area contributed by atoms with Crippen LogP contribution in [0.4, 0.5) is 22.0 Å². The molecule has 2 rings (SSSR count). The SMILES string of the molecule is CCCOC1COB(c2cc(F)c(OC(F)(F)F)c(F)c2)OC1. The summed E-state index contributed by atoms with van der Waals surface area (Å²) >= 11 is 0. The second-order valence-electron chi connectivity index (χ2n) is 4.85. The Morgan fingerprint density at radius 3 is 2.22 bits per heavy atom. The average molecular weight is 340 g/mol. The first kappa shape index (κ1) is 18.0. The van der Waals surface area contributed by atoms with Crippen molar-refractivity contribution in [2.45, 2.75) is 25.8 Å². The van der Waals surface area contributed by atoms with E-state index in [1.807, 2.05) is 6.92 Å². The maximum atomic E-state index is 13.6. The predicted octanol–water partition coefficient (Wildman–Crippen LogP) is 2.40. The summed E-state index contributed by atoms with van der Waals surface area (Å²) in [5.74, 6) is -4.50. The van der Waals surface area contributed by atoms with Crippen LogP contribution < -0.4 is 10.2 Å². The molecule has 0 radical (unpaired) electrons. The third kappa shape index (κ3) is 5.05. The summed E-state index contributed by atoms with van der Waals surface area (Å²) in [7, 11) is -1.08. The van der Waals surface area contributed by atoms with Crippen LogP contribution in [0.25, 0.3) is 0 Å². The highest BCUT2D eigenvalue weighted by molar-refractivity contribution is 6.61. The Balaban J connectivity index is 2.05. The van der Waals surface area contributed by atoms with Crippen LogP contribution in [0, 0.1) is 11.6 Å². The smallest absolute Gasteiger partial charge is 0.404 e. The first-order chi connectivity index (χ1) is 10.8. The normalized spacial score (nSPS) is 16.7. The van der Waals surface area contributed by atoms with Gasteiger partial charge >= 0.3 is 13.5 Å². The van der Waals surface area contributed by atoms with E-state index in [0.717, 1.165) is 6.42 Å². The Morgan fingerprint density at radius 1 is 1.17 bits per heavy atom. The Bertz CT molecular complexity index is 509. The van der Waals surface area contributed by atoms with E-state index in [9.17, 15) is 22.0 Å². The Hall–Kier alpha value is -1.39. The van der Waals surface area contributed by atoms with Crippen molar-refractivity contribution in [2.24, 2.45) is 0 Å². The molecule has 10 heteroatoms. The molecule has 0 amide bonds. The van der Waals surface area contributed by atoms with Crippen molar-refractivity contribution >= 4 is 12.6 Å². The van der Waals surface area contributed by atoms with Crippen LogP contribution in [0.15, 0.2) is 12.1 Å². The number of ether oxygens (including phenoxy) is 2. The zero-order valence-corrected chi connectivity index (χ0v) is 12.2. The van der Waals surface area contributed by atoms with Gasteiger partial charge in [0.15, 0.2) is 11.6 Å². The minimum atomic E-state index is -5.19. The van der Waals surface area contributed by atoms with Crippen LogP contribution in [0.3, 0.4) is 0 Å². The zero-order chi connectivity index (χ0) is 17.0. The van der Waals surface area contributed by atoms with Crippen LogP contribution in [0.2, 0.25) is 0 Å². The summed E-state index contributed by atoms with van der Waals surface area (Å²) in [5, 5.41) is 0. The minimum Gasteiger partial charge on any atom is -0.404 e. The first-order valence-electron chi connectivity index (χ1n) is 6.89. The Kier molecular flexibility index (Phi) is 5.82. The molecule has 23 heavy (non-hydrogen) atoms. The molecule has 128 valence electrons. The molecule has 0 atom stereocenters. The molecule has 1 saturated heterocycles. The third-order valence-electron chi connectivity index (χ3n) is 2.94. The summed E-state index contributed by atoms with van der Waals surface area (Å²) in [6.45, 7) is 2.75. The predicted molar refractivity (Wildman–Crippen MR) is 70.4 cm³/mol. The molecular weight excluding hydrogens is 326 g/mol. The second kappa shape index (κ2) is 7.46. The van der Waals surface area contributed by atoms with Crippen molar-refractivity contribution in [1.82, 2.24) is 0 Å². The van der Waals surface area contributed by atoms with Gasteiger partial charge in [-0.15, -0.1) is 13.2 Å². The molecule has 0 N–H and O–H groups in total. The summed E-state index contributed by atoms with van der Waals surface area (Å²) in [6.07, 6.45) is -4.67. The average Bonchev–Trinajstić information content (AvgIpc) is 2.48. The molecule has 1 aromatic rings. The van der Waals surface area contributed by atoms with Crippen LogP contribution in [-0.4, -0.2) is 39.4 Å². The number of halogens is 5. The number of hydrogen-bond donors (Lipinski definition) is 0. The van der Waals surface area contributed by atoms with Crippen molar-refractivity contribution in [1.29, 1.82) is 0 Å². The highest BCUT2D eigenvalue weighted by Gasteiger charge is 2.36. The lowest BCUT2D eigenvalue weighted by atomic mass is 9.77. The molecule has 1 fully saturated rings. The molecule has 0 bridgehead atoms. The van der Waals surface area contributed by atoms with Crippen LogP contribution in [-0.2, 0) is 14.0 Å². The number of hydrogen-bond acceptors (Lipinski definition) is 4. The zero-order valence-electron chi connectivity index (χ0n) is 12.2. The van der Waals surface area contributed by atoms with Crippen molar-refractivity contribution < 1.29 is 40.7 Å². The standard InChI is InChI=1S/C13H14BF5O4/c1-2-3-20-9-6-21-14(22-7-9)8-4-10(15)12(11(16)5-8)23-13(17,18)19/h4-5,9H,2-3,6-7H2,1H3. The van der Waals surface area contributed by atoms with E-state index in [1.165, 1.54) is 0 Å². The number of alkyl halides is 3. The molecule has 1 aromatic carbocycles. The highest BCUT2D eigenvalue weighted by atomic mass is 19.4.